The number of aromatic amines is 1. The summed E-state index contributed by atoms with van der Waals surface area (Å²) >= 11 is 4.78. The summed E-state index contributed by atoms with van der Waals surface area (Å²) in [5, 5.41) is 10.9. The van der Waals surface area contributed by atoms with Crippen LogP contribution in [0.1, 0.15) is 15.4 Å². The molecule has 2 N–H and O–H groups in total. The molecule has 1 aromatic carbocycles. The fourth-order valence-electron chi connectivity index (χ4n) is 2.70. The van der Waals surface area contributed by atoms with E-state index in [4.69, 9.17) is 0 Å². The number of benzene rings is 1. The first-order valence-electron chi connectivity index (χ1n) is 7.47. The predicted octanol–water partition coefficient (Wildman–Crippen LogP) is 5.12. The molecule has 5 nitrogen and oxygen atoms in total. The minimum atomic E-state index is -0.944. The molecule has 4 aromatic rings. The highest BCUT2D eigenvalue weighted by atomic mass is 79.9. The van der Waals surface area contributed by atoms with Gasteiger partial charge in [0.15, 0.2) is 0 Å². The van der Waals surface area contributed by atoms with E-state index >= 15 is 0 Å². The maximum atomic E-state index is 11.3. The Morgan fingerprint density at radius 1 is 1.28 bits per heavy atom. The van der Waals surface area contributed by atoms with Gasteiger partial charge in [0.1, 0.15) is 9.88 Å². The number of carboxylic acids is 1. The zero-order chi connectivity index (χ0) is 17.6. The third-order valence-electron chi connectivity index (χ3n) is 3.86. The highest BCUT2D eigenvalue weighted by Crippen LogP contribution is 2.35. The smallest absolute Gasteiger partial charge is 0.347 e. The molecule has 0 saturated carbocycles. The minimum absolute atomic E-state index is 0.273. The van der Waals surface area contributed by atoms with Gasteiger partial charge in [0, 0.05) is 21.6 Å². The summed E-state index contributed by atoms with van der Waals surface area (Å²) in [4.78, 5) is 23.7. The van der Waals surface area contributed by atoms with Crippen LogP contribution in [0, 0.1) is 6.92 Å². The van der Waals surface area contributed by atoms with E-state index in [1.54, 1.807) is 13.1 Å². The van der Waals surface area contributed by atoms with E-state index in [1.807, 2.05) is 36.4 Å². The minimum Gasteiger partial charge on any atom is -0.477 e. The monoisotopic (exact) mass is 413 g/mol. The first-order chi connectivity index (χ1) is 12.0. The lowest BCUT2D eigenvalue weighted by molar-refractivity contribution is 0.0701. The number of hydrogen-bond donors (Lipinski definition) is 2. The van der Waals surface area contributed by atoms with Crippen molar-refractivity contribution >= 4 is 44.1 Å². The van der Waals surface area contributed by atoms with Gasteiger partial charge in [-0.05, 0) is 53.2 Å². The van der Waals surface area contributed by atoms with E-state index in [1.165, 1.54) is 11.3 Å². The van der Waals surface area contributed by atoms with Crippen molar-refractivity contribution in [1.82, 2.24) is 15.0 Å². The molecule has 0 fully saturated rings. The van der Waals surface area contributed by atoms with Gasteiger partial charge in [0.2, 0.25) is 0 Å². The van der Waals surface area contributed by atoms with Crippen LogP contribution in [0.5, 0.6) is 0 Å². The molecule has 3 aromatic heterocycles. The molecule has 0 saturated heterocycles. The Morgan fingerprint density at radius 3 is 2.80 bits per heavy atom. The number of aromatic carboxylic acids is 1. The van der Waals surface area contributed by atoms with Gasteiger partial charge in [-0.3, -0.25) is 4.98 Å². The Hall–Kier alpha value is -2.51. The predicted molar refractivity (Wildman–Crippen MR) is 102 cm³/mol. The highest BCUT2D eigenvalue weighted by Gasteiger charge is 2.17. The molecule has 3 heterocycles. The Balaban J connectivity index is 1.84. The third-order valence-corrected chi connectivity index (χ3v) is 5.68. The van der Waals surface area contributed by atoms with Crippen LogP contribution in [0.2, 0.25) is 0 Å². The number of pyridine rings is 1. The molecular formula is C18H12BrN3O2S. The van der Waals surface area contributed by atoms with Gasteiger partial charge in [0.25, 0.3) is 0 Å². The second-order valence-electron chi connectivity index (χ2n) is 5.56. The molecule has 124 valence electrons. The molecular weight excluding hydrogens is 402 g/mol. The first-order valence-corrected chi connectivity index (χ1v) is 9.08. The summed E-state index contributed by atoms with van der Waals surface area (Å²) < 4.78 is 0.895. The van der Waals surface area contributed by atoms with Crippen molar-refractivity contribution in [3.05, 3.63) is 57.6 Å². The number of H-pyrrole nitrogens is 1. The van der Waals surface area contributed by atoms with E-state index in [2.05, 4.69) is 30.9 Å². The Kier molecular flexibility index (Phi) is 3.89. The number of carboxylic acid groups (broad SMARTS) is 1. The van der Waals surface area contributed by atoms with Crippen LogP contribution in [-0.4, -0.2) is 26.0 Å². The van der Waals surface area contributed by atoms with Crippen LogP contribution in [0.4, 0.5) is 0 Å². The second kappa shape index (κ2) is 6.09. The van der Waals surface area contributed by atoms with Crippen LogP contribution >= 0.6 is 27.3 Å². The molecule has 0 aliphatic carbocycles. The lowest BCUT2D eigenvalue weighted by atomic mass is 10.1. The van der Waals surface area contributed by atoms with E-state index < -0.39 is 5.97 Å². The number of nitrogens with one attached hydrogen (secondary N) is 1. The molecule has 4 rings (SSSR count). The number of aromatic nitrogens is 3. The van der Waals surface area contributed by atoms with E-state index in [9.17, 15) is 9.90 Å². The molecule has 0 amide bonds. The Morgan fingerprint density at radius 2 is 2.12 bits per heavy atom. The van der Waals surface area contributed by atoms with Crippen molar-refractivity contribution in [2.45, 2.75) is 6.92 Å². The van der Waals surface area contributed by atoms with Crippen molar-refractivity contribution in [1.29, 1.82) is 0 Å². The molecule has 25 heavy (non-hydrogen) atoms. The summed E-state index contributed by atoms with van der Waals surface area (Å²) in [5.74, 6) is -0.944. The largest absolute Gasteiger partial charge is 0.477 e. The number of thiazole rings is 1. The number of carbonyl (C=O) groups is 1. The molecule has 0 aliphatic heterocycles. The molecule has 0 unspecified atom stereocenters. The maximum Gasteiger partial charge on any atom is 0.347 e. The Labute approximate surface area is 155 Å². The van der Waals surface area contributed by atoms with E-state index in [-0.39, 0.29) is 4.88 Å². The van der Waals surface area contributed by atoms with Gasteiger partial charge < -0.3 is 10.1 Å². The van der Waals surface area contributed by atoms with Crippen molar-refractivity contribution in [3.8, 4) is 22.0 Å². The van der Waals surface area contributed by atoms with Gasteiger partial charge in [-0.2, -0.15) is 0 Å². The summed E-state index contributed by atoms with van der Waals surface area (Å²) in [5.41, 5.74) is 4.18. The van der Waals surface area contributed by atoms with Crippen molar-refractivity contribution < 1.29 is 9.90 Å². The summed E-state index contributed by atoms with van der Waals surface area (Å²) in [6.45, 7) is 1.71. The zero-order valence-electron chi connectivity index (χ0n) is 13.1. The number of aryl methyl sites for hydroxylation is 1. The normalized spacial score (nSPS) is 11.1. The molecule has 7 heteroatoms. The summed E-state index contributed by atoms with van der Waals surface area (Å²) in [6, 6.07) is 11.8. The summed E-state index contributed by atoms with van der Waals surface area (Å²) in [7, 11) is 0. The topological polar surface area (TPSA) is 78.9 Å². The van der Waals surface area contributed by atoms with Crippen LogP contribution in [0.25, 0.3) is 32.9 Å². The molecule has 0 bridgehead atoms. The van der Waals surface area contributed by atoms with Crippen LogP contribution in [-0.2, 0) is 0 Å². The second-order valence-corrected chi connectivity index (χ2v) is 7.41. The van der Waals surface area contributed by atoms with Crippen molar-refractivity contribution in [3.63, 3.8) is 0 Å². The molecule has 0 spiro atoms. The van der Waals surface area contributed by atoms with Crippen LogP contribution in [0.15, 0.2) is 47.1 Å². The zero-order valence-corrected chi connectivity index (χ0v) is 15.5. The fourth-order valence-corrected chi connectivity index (χ4v) is 4.17. The summed E-state index contributed by atoms with van der Waals surface area (Å²) in [6.07, 6.45) is 1.76. The molecule has 0 aliphatic rings. The van der Waals surface area contributed by atoms with Gasteiger partial charge in [-0.15, -0.1) is 11.3 Å². The maximum absolute atomic E-state index is 11.3. The number of fused-ring (bicyclic) bond motifs is 1. The van der Waals surface area contributed by atoms with E-state index in [0.29, 0.717) is 10.7 Å². The highest BCUT2D eigenvalue weighted by molar-refractivity contribution is 9.10. The number of rotatable bonds is 3. The first kappa shape index (κ1) is 16.0. The fraction of sp³-hybridized carbons (Fsp3) is 0.0556. The van der Waals surface area contributed by atoms with Crippen LogP contribution < -0.4 is 0 Å². The van der Waals surface area contributed by atoms with Gasteiger partial charge >= 0.3 is 5.97 Å². The van der Waals surface area contributed by atoms with E-state index in [0.717, 1.165) is 32.3 Å². The number of nitrogens with zero attached hydrogens (tertiary/aromatic N) is 2. The number of hydrogen-bond acceptors (Lipinski definition) is 4. The molecule has 0 atom stereocenters. The lowest BCUT2D eigenvalue weighted by Crippen LogP contribution is -1.94. The number of halogens is 1. The SMILES string of the molecule is Cc1nc(-c2cc(Br)c3[nH]c(-c4ccccn4)cc3c2)sc1C(=O)O. The van der Waals surface area contributed by atoms with Gasteiger partial charge in [0.05, 0.1) is 22.6 Å². The lowest BCUT2D eigenvalue weighted by Gasteiger charge is -2.00. The molecule has 0 radical (unpaired) electrons. The van der Waals surface area contributed by atoms with Crippen molar-refractivity contribution in [2.24, 2.45) is 0 Å². The quantitative estimate of drug-likeness (QED) is 0.488. The van der Waals surface area contributed by atoms with Crippen LogP contribution in [0.3, 0.4) is 0 Å². The van der Waals surface area contributed by atoms with Crippen molar-refractivity contribution in [2.75, 3.05) is 0 Å². The Bertz CT molecular complexity index is 1100. The third kappa shape index (κ3) is 2.85. The average Bonchev–Trinajstić information content (AvgIpc) is 3.19. The standard InChI is InChI=1S/C18H12BrN3O2S/c1-9-16(18(23)24)25-17(21-9)11-6-10-8-14(13-4-2-3-5-20-13)22-15(10)12(19)7-11/h2-8,22H,1H3,(H,23,24). The van der Waals surface area contributed by atoms with Gasteiger partial charge in [-0.25, -0.2) is 9.78 Å². The van der Waals surface area contributed by atoms with Gasteiger partial charge in [-0.1, -0.05) is 6.07 Å². The average molecular weight is 414 g/mol.